The minimum Gasteiger partial charge on any atom is -0.456 e. The molecule has 0 saturated carbocycles. The van der Waals surface area contributed by atoms with Gasteiger partial charge in [0.15, 0.2) is 5.58 Å². The van der Waals surface area contributed by atoms with Gasteiger partial charge < -0.3 is 13.7 Å². The smallest absolute Gasteiger partial charge is 0.160 e. The first-order valence-electron chi connectivity index (χ1n) is 17.3. The molecule has 3 heteroatoms. The van der Waals surface area contributed by atoms with E-state index in [9.17, 15) is 0 Å². The molecular weight excluding hydrogens is 623 g/mol. The van der Waals surface area contributed by atoms with E-state index in [1.165, 1.54) is 5.56 Å². The van der Waals surface area contributed by atoms with Gasteiger partial charge in [-0.2, -0.15) is 0 Å². The fraction of sp³-hybridized carbons (Fsp3) is 0. The van der Waals surface area contributed by atoms with Crippen LogP contribution in [0.2, 0.25) is 0 Å². The molecule has 0 radical (unpaired) electrons. The van der Waals surface area contributed by atoms with Crippen LogP contribution in [0.4, 0.5) is 17.1 Å². The summed E-state index contributed by atoms with van der Waals surface area (Å²) >= 11 is 0. The quantitative estimate of drug-likeness (QED) is 0.179. The second kappa shape index (κ2) is 11.9. The molecular formula is C48H31NO2. The lowest BCUT2D eigenvalue weighted by Crippen LogP contribution is -2.11. The lowest BCUT2D eigenvalue weighted by Gasteiger charge is -2.28. The number of rotatable bonds is 6. The molecule has 0 aliphatic carbocycles. The molecule has 0 saturated heterocycles. The van der Waals surface area contributed by atoms with Crippen molar-refractivity contribution in [2.45, 2.75) is 0 Å². The van der Waals surface area contributed by atoms with Crippen molar-refractivity contribution in [3.8, 4) is 33.4 Å². The van der Waals surface area contributed by atoms with Gasteiger partial charge in [0.1, 0.15) is 16.7 Å². The van der Waals surface area contributed by atoms with Crippen molar-refractivity contribution < 1.29 is 8.83 Å². The molecule has 0 fully saturated rings. The van der Waals surface area contributed by atoms with Crippen molar-refractivity contribution in [2.24, 2.45) is 0 Å². The molecule has 10 rings (SSSR count). The first-order valence-corrected chi connectivity index (χ1v) is 17.3. The van der Waals surface area contributed by atoms with Crippen LogP contribution in [0.5, 0.6) is 0 Å². The van der Waals surface area contributed by atoms with Gasteiger partial charge in [0.05, 0.1) is 11.4 Å². The number of benzene rings is 8. The van der Waals surface area contributed by atoms with Gasteiger partial charge in [-0.05, 0) is 76.3 Å². The summed E-state index contributed by atoms with van der Waals surface area (Å²) in [6.45, 7) is 0. The summed E-state index contributed by atoms with van der Waals surface area (Å²) in [7, 11) is 0. The second-order valence-electron chi connectivity index (χ2n) is 12.9. The van der Waals surface area contributed by atoms with Crippen LogP contribution in [0.1, 0.15) is 0 Å². The van der Waals surface area contributed by atoms with Gasteiger partial charge >= 0.3 is 0 Å². The highest BCUT2D eigenvalue weighted by molar-refractivity contribution is 6.14. The Morgan fingerprint density at radius 3 is 1.55 bits per heavy atom. The summed E-state index contributed by atoms with van der Waals surface area (Å²) < 4.78 is 13.4. The second-order valence-corrected chi connectivity index (χ2v) is 12.9. The molecule has 0 atom stereocenters. The van der Waals surface area contributed by atoms with Crippen molar-refractivity contribution in [1.29, 1.82) is 0 Å². The van der Waals surface area contributed by atoms with Gasteiger partial charge in [0.2, 0.25) is 0 Å². The van der Waals surface area contributed by atoms with Gasteiger partial charge in [-0.25, -0.2) is 0 Å². The van der Waals surface area contributed by atoms with Gasteiger partial charge in [-0.1, -0.05) is 133 Å². The Morgan fingerprint density at radius 2 is 0.824 bits per heavy atom. The fourth-order valence-electron chi connectivity index (χ4n) is 7.40. The lowest BCUT2D eigenvalue weighted by atomic mass is 9.98. The molecule has 3 nitrogen and oxygen atoms in total. The van der Waals surface area contributed by atoms with Gasteiger partial charge in [0.25, 0.3) is 0 Å². The largest absolute Gasteiger partial charge is 0.456 e. The number of furan rings is 2. The molecule has 2 aromatic heterocycles. The minimum atomic E-state index is 0.830. The van der Waals surface area contributed by atoms with Crippen LogP contribution >= 0.6 is 0 Å². The van der Waals surface area contributed by atoms with Crippen molar-refractivity contribution >= 4 is 60.9 Å². The highest BCUT2D eigenvalue weighted by Crippen LogP contribution is 2.48. The van der Waals surface area contributed by atoms with Crippen molar-refractivity contribution in [2.75, 3.05) is 4.90 Å². The van der Waals surface area contributed by atoms with Crippen LogP contribution in [-0.2, 0) is 0 Å². The van der Waals surface area contributed by atoms with Gasteiger partial charge in [-0.15, -0.1) is 0 Å². The average Bonchev–Trinajstić information content (AvgIpc) is 3.77. The molecule has 10 aromatic rings. The zero-order valence-electron chi connectivity index (χ0n) is 27.7. The summed E-state index contributed by atoms with van der Waals surface area (Å²) in [4.78, 5) is 2.32. The molecule has 0 aliphatic heterocycles. The van der Waals surface area contributed by atoms with E-state index in [4.69, 9.17) is 8.83 Å². The highest BCUT2D eigenvalue weighted by atomic mass is 16.3. The van der Waals surface area contributed by atoms with E-state index in [1.54, 1.807) is 0 Å². The van der Waals surface area contributed by atoms with E-state index in [2.05, 4.69) is 175 Å². The van der Waals surface area contributed by atoms with Crippen molar-refractivity contribution in [1.82, 2.24) is 0 Å². The maximum Gasteiger partial charge on any atom is 0.160 e. The molecule has 240 valence electrons. The Bertz CT molecular complexity index is 2830. The predicted octanol–water partition coefficient (Wildman–Crippen LogP) is 14.0. The third kappa shape index (κ3) is 4.98. The molecule has 2 heterocycles. The van der Waals surface area contributed by atoms with Crippen LogP contribution in [0.15, 0.2) is 197 Å². The molecule has 8 aromatic carbocycles. The van der Waals surface area contributed by atoms with E-state index < -0.39 is 0 Å². The van der Waals surface area contributed by atoms with Crippen LogP contribution in [0.3, 0.4) is 0 Å². The third-order valence-corrected chi connectivity index (χ3v) is 9.88. The number of anilines is 3. The van der Waals surface area contributed by atoms with Crippen LogP contribution in [0.25, 0.3) is 77.3 Å². The Labute approximate surface area is 295 Å². The summed E-state index contributed by atoms with van der Waals surface area (Å²) in [6, 6.07) is 66.0. The van der Waals surface area contributed by atoms with E-state index >= 15 is 0 Å². The number of hydrogen-bond acceptors (Lipinski definition) is 3. The maximum absolute atomic E-state index is 6.79. The van der Waals surface area contributed by atoms with Gasteiger partial charge in [0, 0.05) is 38.9 Å². The number of nitrogens with zero attached hydrogens (tertiary/aromatic N) is 1. The topological polar surface area (TPSA) is 29.5 Å². The average molecular weight is 654 g/mol. The summed E-state index contributed by atoms with van der Waals surface area (Å²) in [5.74, 6) is 0. The molecule has 0 amide bonds. The number of fused-ring (bicyclic) bond motifs is 6. The first-order chi connectivity index (χ1) is 25.3. The van der Waals surface area contributed by atoms with Crippen molar-refractivity contribution in [3.05, 3.63) is 188 Å². The van der Waals surface area contributed by atoms with Crippen LogP contribution in [-0.4, -0.2) is 0 Å². The Morgan fingerprint density at radius 1 is 0.314 bits per heavy atom. The summed E-state index contributed by atoms with van der Waals surface area (Å²) in [6.07, 6.45) is 0. The number of hydrogen-bond donors (Lipinski definition) is 0. The summed E-state index contributed by atoms with van der Waals surface area (Å²) in [5.41, 5.74) is 13.2. The first kappa shape index (κ1) is 29.1. The highest BCUT2D eigenvalue weighted by Gasteiger charge is 2.25. The van der Waals surface area contributed by atoms with Crippen LogP contribution < -0.4 is 4.90 Å². The monoisotopic (exact) mass is 653 g/mol. The summed E-state index contributed by atoms with van der Waals surface area (Å²) in [5, 5.41) is 4.34. The Balaban J connectivity index is 1.22. The molecule has 0 bridgehead atoms. The number of para-hydroxylation sites is 1. The minimum absolute atomic E-state index is 0.830. The Kier molecular flexibility index (Phi) is 6.81. The van der Waals surface area contributed by atoms with E-state index in [-0.39, 0.29) is 0 Å². The molecule has 0 N–H and O–H groups in total. The third-order valence-electron chi connectivity index (χ3n) is 9.88. The maximum atomic E-state index is 6.79. The van der Waals surface area contributed by atoms with E-state index in [0.717, 1.165) is 88.8 Å². The van der Waals surface area contributed by atoms with E-state index in [1.807, 2.05) is 18.2 Å². The molecule has 51 heavy (non-hydrogen) atoms. The molecule has 0 aliphatic rings. The van der Waals surface area contributed by atoms with Crippen molar-refractivity contribution in [3.63, 3.8) is 0 Å². The standard InChI is InChI=1S/C48H31NO2/c1-4-12-32(13-5-1)34-20-23-37(24-21-34)49(38-25-27-42-41-26-22-36(33-14-6-2-7-15-33)30-45(41)50-46(42)31-38)47-39(35-16-8-3-9-17-35)28-29-43-40-18-10-11-19-44(40)51-48(43)47/h1-31H. The van der Waals surface area contributed by atoms with E-state index in [0.29, 0.717) is 0 Å². The predicted molar refractivity (Wildman–Crippen MR) is 212 cm³/mol. The van der Waals surface area contributed by atoms with Crippen LogP contribution in [0, 0.1) is 0 Å². The lowest BCUT2D eigenvalue weighted by molar-refractivity contribution is 0.667. The fourth-order valence-corrected chi connectivity index (χ4v) is 7.40. The SMILES string of the molecule is c1ccc(-c2ccc(N(c3ccc4c(c3)oc3cc(-c5ccccc5)ccc34)c3c(-c4ccccc4)ccc4c3oc3ccccc34)cc2)cc1. The zero-order valence-corrected chi connectivity index (χ0v) is 27.7. The van der Waals surface area contributed by atoms with Gasteiger partial charge in [-0.3, -0.25) is 0 Å². The Hall–Kier alpha value is -6.84. The molecule has 0 unspecified atom stereocenters. The zero-order chi connectivity index (χ0) is 33.7. The normalized spacial score (nSPS) is 11.5. The molecule has 0 spiro atoms.